The highest BCUT2D eigenvalue weighted by atomic mass is 35.5. The topological polar surface area (TPSA) is 17.8 Å². The standard InChI is InChI=1S/C12H13ClN2/c1-8-5-6-10-11(7-8)15(12(13)14-10)9-3-2-4-9/h5-7,9H,2-4H2,1H3. The molecule has 78 valence electrons. The third-order valence-corrected chi connectivity index (χ3v) is 3.51. The Hall–Kier alpha value is -1.02. The Kier molecular flexibility index (Phi) is 1.99. The molecule has 2 nitrogen and oxygen atoms in total. The van der Waals surface area contributed by atoms with Crippen LogP contribution in [0.5, 0.6) is 0 Å². The normalized spacial score (nSPS) is 16.9. The molecule has 0 bridgehead atoms. The van der Waals surface area contributed by atoms with Gasteiger partial charge >= 0.3 is 0 Å². The Morgan fingerprint density at radius 2 is 2.20 bits per heavy atom. The second-order valence-electron chi connectivity index (χ2n) is 4.33. The highest BCUT2D eigenvalue weighted by molar-refractivity contribution is 6.29. The van der Waals surface area contributed by atoms with Crippen LogP contribution in [0.4, 0.5) is 0 Å². The summed E-state index contributed by atoms with van der Waals surface area (Å²) in [5.41, 5.74) is 3.46. The fourth-order valence-electron chi connectivity index (χ4n) is 2.17. The summed E-state index contributed by atoms with van der Waals surface area (Å²) in [5.74, 6) is 0. The fraction of sp³-hybridized carbons (Fsp3) is 0.417. The van der Waals surface area contributed by atoms with Crippen LogP contribution in [0.15, 0.2) is 18.2 Å². The van der Waals surface area contributed by atoms with Crippen molar-refractivity contribution < 1.29 is 0 Å². The maximum absolute atomic E-state index is 6.18. The number of rotatable bonds is 1. The molecule has 1 saturated carbocycles. The second-order valence-corrected chi connectivity index (χ2v) is 4.67. The van der Waals surface area contributed by atoms with Crippen molar-refractivity contribution in [3.8, 4) is 0 Å². The number of benzene rings is 1. The molecule has 1 fully saturated rings. The summed E-state index contributed by atoms with van der Waals surface area (Å²) in [5, 5.41) is 0.639. The van der Waals surface area contributed by atoms with Crippen molar-refractivity contribution in [3.63, 3.8) is 0 Å². The lowest BCUT2D eigenvalue weighted by atomic mass is 9.93. The van der Waals surface area contributed by atoms with E-state index in [-0.39, 0.29) is 0 Å². The minimum atomic E-state index is 0.573. The Bertz CT molecular complexity index is 512. The van der Waals surface area contributed by atoms with Crippen molar-refractivity contribution in [2.45, 2.75) is 32.2 Å². The average molecular weight is 221 g/mol. The molecule has 0 radical (unpaired) electrons. The number of halogens is 1. The number of aromatic nitrogens is 2. The number of imidazole rings is 1. The molecule has 3 rings (SSSR count). The molecule has 0 atom stereocenters. The van der Waals surface area contributed by atoms with E-state index in [0.29, 0.717) is 11.3 Å². The van der Waals surface area contributed by atoms with Crippen molar-refractivity contribution in [2.24, 2.45) is 0 Å². The van der Waals surface area contributed by atoms with E-state index >= 15 is 0 Å². The summed E-state index contributed by atoms with van der Waals surface area (Å²) in [7, 11) is 0. The molecule has 1 aliphatic rings. The molecule has 15 heavy (non-hydrogen) atoms. The lowest BCUT2D eigenvalue weighted by molar-refractivity contribution is 0.320. The number of fused-ring (bicyclic) bond motifs is 1. The zero-order valence-corrected chi connectivity index (χ0v) is 9.46. The SMILES string of the molecule is Cc1ccc2nc(Cl)n(C3CCC3)c2c1. The Morgan fingerprint density at radius 1 is 1.40 bits per heavy atom. The van der Waals surface area contributed by atoms with Gasteiger partial charge in [0.2, 0.25) is 5.28 Å². The third kappa shape index (κ3) is 1.36. The van der Waals surface area contributed by atoms with Crippen LogP contribution < -0.4 is 0 Å². The summed E-state index contributed by atoms with van der Waals surface area (Å²) in [6, 6.07) is 6.87. The number of aryl methyl sites for hydroxylation is 1. The van der Waals surface area contributed by atoms with Gasteiger partial charge in [-0.3, -0.25) is 0 Å². The third-order valence-electron chi connectivity index (χ3n) is 3.24. The van der Waals surface area contributed by atoms with Gasteiger partial charge in [0.1, 0.15) is 0 Å². The van der Waals surface area contributed by atoms with Gasteiger partial charge in [-0.05, 0) is 55.5 Å². The van der Waals surface area contributed by atoms with E-state index in [0.717, 1.165) is 5.52 Å². The van der Waals surface area contributed by atoms with Gasteiger partial charge in [-0.1, -0.05) is 6.07 Å². The summed E-state index contributed by atoms with van der Waals surface area (Å²) >= 11 is 6.18. The van der Waals surface area contributed by atoms with Crippen LogP contribution in [0, 0.1) is 6.92 Å². The highest BCUT2D eigenvalue weighted by Gasteiger charge is 2.23. The summed E-state index contributed by atoms with van der Waals surface area (Å²) in [6.45, 7) is 2.10. The molecule has 1 heterocycles. The van der Waals surface area contributed by atoms with Gasteiger partial charge in [0.25, 0.3) is 0 Å². The van der Waals surface area contributed by atoms with Gasteiger partial charge in [-0.2, -0.15) is 0 Å². The molecular formula is C12H13ClN2. The molecule has 0 saturated heterocycles. The van der Waals surface area contributed by atoms with Crippen LogP contribution in [-0.2, 0) is 0 Å². The number of nitrogens with zero attached hydrogens (tertiary/aromatic N) is 2. The molecule has 0 unspecified atom stereocenters. The predicted molar refractivity (Wildman–Crippen MR) is 62.4 cm³/mol. The quantitative estimate of drug-likeness (QED) is 0.716. The summed E-state index contributed by atoms with van der Waals surface area (Å²) in [4.78, 5) is 4.39. The Labute approximate surface area is 93.9 Å². The maximum Gasteiger partial charge on any atom is 0.204 e. The van der Waals surface area contributed by atoms with Crippen molar-refractivity contribution in [2.75, 3.05) is 0 Å². The van der Waals surface area contributed by atoms with E-state index in [2.05, 4.69) is 28.6 Å². The summed E-state index contributed by atoms with van der Waals surface area (Å²) in [6.07, 6.45) is 3.78. The van der Waals surface area contributed by atoms with Crippen LogP contribution in [0.2, 0.25) is 5.28 Å². The smallest absolute Gasteiger partial charge is 0.204 e. The van der Waals surface area contributed by atoms with E-state index in [1.165, 1.54) is 30.3 Å². The minimum Gasteiger partial charge on any atom is -0.312 e. The predicted octanol–water partition coefficient (Wildman–Crippen LogP) is 3.72. The van der Waals surface area contributed by atoms with Gasteiger partial charge in [-0.15, -0.1) is 0 Å². The highest BCUT2D eigenvalue weighted by Crippen LogP contribution is 2.36. The zero-order chi connectivity index (χ0) is 10.4. The van der Waals surface area contributed by atoms with E-state index in [4.69, 9.17) is 11.6 Å². The van der Waals surface area contributed by atoms with Crippen LogP contribution in [-0.4, -0.2) is 9.55 Å². The first-order chi connectivity index (χ1) is 7.25. The van der Waals surface area contributed by atoms with Crippen molar-refractivity contribution in [1.29, 1.82) is 0 Å². The molecule has 1 aromatic carbocycles. The van der Waals surface area contributed by atoms with Crippen LogP contribution in [0.25, 0.3) is 11.0 Å². The Balaban J connectivity index is 2.25. The first-order valence-corrected chi connectivity index (χ1v) is 5.77. The zero-order valence-electron chi connectivity index (χ0n) is 8.70. The molecule has 3 heteroatoms. The monoisotopic (exact) mass is 220 g/mol. The number of hydrogen-bond donors (Lipinski definition) is 0. The molecule has 0 spiro atoms. The van der Waals surface area contributed by atoms with E-state index in [9.17, 15) is 0 Å². The molecule has 1 aliphatic carbocycles. The summed E-state index contributed by atoms with van der Waals surface area (Å²) < 4.78 is 2.19. The van der Waals surface area contributed by atoms with E-state index < -0.39 is 0 Å². The number of hydrogen-bond acceptors (Lipinski definition) is 1. The Morgan fingerprint density at radius 3 is 2.87 bits per heavy atom. The van der Waals surface area contributed by atoms with Crippen LogP contribution >= 0.6 is 11.6 Å². The van der Waals surface area contributed by atoms with Gasteiger partial charge in [0, 0.05) is 6.04 Å². The van der Waals surface area contributed by atoms with Gasteiger partial charge in [-0.25, -0.2) is 4.98 Å². The van der Waals surface area contributed by atoms with E-state index in [1.54, 1.807) is 0 Å². The molecule has 2 aromatic rings. The van der Waals surface area contributed by atoms with Gasteiger partial charge in [0.05, 0.1) is 11.0 Å². The lowest BCUT2D eigenvalue weighted by Crippen LogP contribution is -2.16. The van der Waals surface area contributed by atoms with Gasteiger partial charge < -0.3 is 4.57 Å². The maximum atomic E-state index is 6.18. The molecule has 0 N–H and O–H groups in total. The molecule has 0 amide bonds. The molecule has 0 aliphatic heterocycles. The minimum absolute atomic E-state index is 0.573. The van der Waals surface area contributed by atoms with E-state index in [1.807, 2.05) is 6.07 Å². The molecular weight excluding hydrogens is 208 g/mol. The van der Waals surface area contributed by atoms with Crippen LogP contribution in [0.3, 0.4) is 0 Å². The van der Waals surface area contributed by atoms with Crippen molar-refractivity contribution in [3.05, 3.63) is 29.0 Å². The van der Waals surface area contributed by atoms with Gasteiger partial charge in [0.15, 0.2) is 0 Å². The fourth-order valence-corrected chi connectivity index (χ4v) is 2.49. The first-order valence-electron chi connectivity index (χ1n) is 5.40. The largest absolute Gasteiger partial charge is 0.312 e. The van der Waals surface area contributed by atoms with Crippen LogP contribution in [0.1, 0.15) is 30.9 Å². The first kappa shape index (κ1) is 9.22. The van der Waals surface area contributed by atoms with Crippen molar-refractivity contribution in [1.82, 2.24) is 9.55 Å². The second kappa shape index (κ2) is 3.24. The average Bonchev–Trinajstić information content (AvgIpc) is 2.42. The lowest BCUT2D eigenvalue weighted by Gasteiger charge is -2.28. The molecule has 1 aromatic heterocycles. The van der Waals surface area contributed by atoms with Crippen molar-refractivity contribution >= 4 is 22.6 Å².